The van der Waals surface area contributed by atoms with E-state index in [1.165, 1.54) is 125 Å². The molecule has 11 aromatic rings. The maximum Gasteiger partial charge on any atom is 0.303 e. The molecule has 4 fully saturated rings. The van der Waals surface area contributed by atoms with Crippen LogP contribution in [-0.2, 0) is 119 Å². The molecule has 8 atom stereocenters. The van der Waals surface area contributed by atoms with Crippen LogP contribution in [0, 0.1) is 0 Å². The van der Waals surface area contributed by atoms with Crippen molar-refractivity contribution in [3.8, 4) is 0 Å². The average Bonchev–Trinajstić information content (AvgIpc) is 1.48. The smallest absolute Gasteiger partial charge is 0.303 e. The van der Waals surface area contributed by atoms with Gasteiger partial charge in [-0.15, -0.1) is 64.6 Å². The van der Waals surface area contributed by atoms with Crippen molar-refractivity contribution in [1.29, 1.82) is 0 Å². The number of halogens is 8. The Morgan fingerprint density at radius 3 is 1.12 bits per heavy atom. The monoisotopic (exact) mass is 1880 g/mol. The van der Waals surface area contributed by atoms with E-state index in [0.717, 1.165) is 113 Å². The van der Waals surface area contributed by atoms with Gasteiger partial charge in [-0.3, -0.25) is 24.0 Å². The summed E-state index contributed by atoms with van der Waals surface area (Å²) in [5.41, 5.74) is 2.34. The number of carboxylic acids is 1. The lowest BCUT2D eigenvalue weighted by Gasteiger charge is -2.24. The first-order valence-corrected chi connectivity index (χ1v) is 46.5. The molecule has 0 spiro atoms. The van der Waals surface area contributed by atoms with Crippen LogP contribution in [0.25, 0.3) is 0 Å². The molecular weight excluding hydrogens is 1780 g/mol. The normalized spacial score (nSPS) is 17.9. The summed E-state index contributed by atoms with van der Waals surface area (Å²) in [4.78, 5) is 72.7. The number of amides is 4. The van der Waals surface area contributed by atoms with Gasteiger partial charge in [-0.1, -0.05) is 186 Å². The highest BCUT2D eigenvalue weighted by Crippen LogP contribution is 2.39. The molecule has 4 aromatic carbocycles. The van der Waals surface area contributed by atoms with Gasteiger partial charge >= 0.3 is 29.7 Å². The van der Waals surface area contributed by atoms with E-state index in [1.807, 2.05) is 29.0 Å². The van der Waals surface area contributed by atoms with Crippen LogP contribution >= 0.6 is 45.3 Å². The minimum Gasteiger partial charge on any atom is -0.481 e. The van der Waals surface area contributed by atoms with Crippen molar-refractivity contribution in [2.45, 2.75) is 220 Å². The van der Waals surface area contributed by atoms with E-state index < -0.39 is 54.1 Å². The van der Waals surface area contributed by atoms with Crippen molar-refractivity contribution in [2.75, 3.05) is 13.1 Å². The van der Waals surface area contributed by atoms with Crippen LogP contribution in [0.5, 0.6) is 0 Å². The number of carboxylic acid groups (broad SMARTS) is 1. The lowest BCUT2D eigenvalue weighted by Crippen LogP contribution is -2.34. The molecule has 4 aliphatic heterocycles. The third kappa shape index (κ3) is 28.0. The summed E-state index contributed by atoms with van der Waals surface area (Å²) in [5.74, 6) is -12.5. The quantitative estimate of drug-likeness (QED) is 0.0130. The Hall–Kier alpha value is -11.5. The molecule has 0 bridgehead atoms. The summed E-state index contributed by atoms with van der Waals surface area (Å²) in [6.45, 7) is 1.88. The number of aromatic nitrogens is 12. The van der Waals surface area contributed by atoms with Gasteiger partial charge in [-0.25, -0.2) is 0 Å². The molecule has 26 nitrogen and oxygen atoms in total. The third-order valence-electron chi connectivity index (χ3n) is 22.8. The van der Waals surface area contributed by atoms with Crippen molar-refractivity contribution in [2.24, 2.45) is 0 Å². The van der Waals surface area contributed by atoms with Gasteiger partial charge in [0.25, 0.3) is 0 Å². The highest BCUT2D eigenvalue weighted by atomic mass is 32.1. The molecule has 694 valence electrons. The molecule has 0 radical (unpaired) electrons. The lowest BCUT2D eigenvalue weighted by atomic mass is 10.0. The van der Waals surface area contributed by atoms with Gasteiger partial charge in [0.1, 0.15) is 24.4 Å². The standard InChI is InChI=1S/C24H27F2N5O2S.C24H27F2NO4S.C23H25F2N5O2S.C22H23F2N5O2S/c25-24(26,17-5-2-1-3-6-17)21(32)13-8-18-9-15-23(33)31(18)16-4-7-19-10-11-20(34-19)12-14-22-27-29-30-28-22;25-24(26,17-5-2-1-3-6-17)21(28)13-8-18-9-14-22(29)27(18)16-4-7-19-10-11-20(32-19)12-15-23(30)31;24-23(25,18-6-2-1-3-7-18)20(31)11-9-19-10-12-22(32)30(19)13-17-15-33-14-16(17)5-4-8-21-26-28-29-27-21;23-22(24,16-4-2-1-3-5-16)19(30)9-7-17-8-11-21(31)29(17)13-18-12-15(14-32-18)6-10-20-25-27-28-26-20/h1-3,5-6,8,10-11,13,18,21,32H,4,7,9,12,14-16H2,(H,27,28,29,30);1-3,5-6,8,10-11,13,18,21,28H,4,7,9,12,14-16H2,(H,30,31);1-3,6-7,9,11,14-15,19-20,31H,4-5,8,10,12-13H2,(H,26,27,28,29);1-5,7,9,12,14,17,19,30H,6,8,10-11,13H2,(H,25,26,27,28)/b2*13-8+;11-9+;9-7+/t2*18-,21?;19-,20?;17-,19?/m0000/s1. The van der Waals surface area contributed by atoms with Gasteiger partial charge < -0.3 is 45.1 Å². The molecule has 11 heterocycles. The zero-order valence-electron chi connectivity index (χ0n) is 71.3. The maximum atomic E-state index is 14.6. The van der Waals surface area contributed by atoms with Crippen molar-refractivity contribution in [3.63, 3.8) is 0 Å². The summed E-state index contributed by atoms with van der Waals surface area (Å²) in [7, 11) is 0. The number of carbonyl (C=O) groups is 5. The molecule has 4 saturated heterocycles. The Labute approximate surface area is 767 Å². The third-order valence-corrected chi connectivity index (χ3v) is 27.0. The predicted molar refractivity (Wildman–Crippen MR) is 478 cm³/mol. The number of hydrogen-bond donors (Lipinski definition) is 8. The van der Waals surface area contributed by atoms with Gasteiger partial charge in [0.05, 0.1) is 37.1 Å². The number of hydrogen-bond acceptors (Lipinski definition) is 22. The molecule has 4 aliphatic rings. The molecule has 38 heteroatoms. The Kier molecular flexibility index (Phi) is 35.7. The van der Waals surface area contributed by atoms with Gasteiger partial charge in [0.2, 0.25) is 23.6 Å². The first kappa shape index (κ1) is 98.5. The summed E-state index contributed by atoms with van der Waals surface area (Å²) >= 11 is 6.44. The van der Waals surface area contributed by atoms with Crippen LogP contribution in [0.2, 0.25) is 0 Å². The Bertz CT molecular complexity index is 5500. The first-order chi connectivity index (χ1) is 63.1. The molecule has 0 aliphatic carbocycles. The highest BCUT2D eigenvalue weighted by Gasteiger charge is 2.44. The molecular formula is C93H102F8N16O10S4. The van der Waals surface area contributed by atoms with Crippen molar-refractivity contribution < 1.29 is 84.6 Å². The molecule has 131 heavy (non-hydrogen) atoms. The number of aliphatic carboxylic acids is 1. The van der Waals surface area contributed by atoms with Crippen LogP contribution in [-0.4, -0.2) is 198 Å². The number of carbonyl (C=O) groups excluding carboxylic acids is 4. The van der Waals surface area contributed by atoms with Crippen LogP contribution in [0.4, 0.5) is 35.1 Å². The lowest BCUT2D eigenvalue weighted by molar-refractivity contribution is -0.137. The number of rotatable bonds is 41. The number of H-pyrrole nitrogens is 3. The Balaban J connectivity index is 0.000000158. The second-order valence-corrected chi connectivity index (χ2v) is 36.2. The summed E-state index contributed by atoms with van der Waals surface area (Å²) in [5, 5.41) is 97.0. The van der Waals surface area contributed by atoms with E-state index in [4.69, 9.17) is 5.11 Å². The minimum absolute atomic E-state index is 0.0158. The zero-order valence-corrected chi connectivity index (χ0v) is 74.6. The number of nitrogens with zero attached hydrogens (tertiary/aromatic N) is 13. The van der Waals surface area contributed by atoms with Crippen LogP contribution < -0.4 is 0 Å². The second kappa shape index (κ2) is 47.5. The molecule has 15 rings (SSSR count). The number of nitrogens with one attached hydrogen (secondary N) is 3. The van der Waals surface area contributed by atoms with Gasteiger partial charge in [0, 0.05) is 111 Å². The Morgan fingerprint density at radius 1 is 0.397 bits per heavy atom. The van der Waals surface area contributed by atoms with E-state index in [9.17, 15) is 79.5 Å². The second-order valence-electron chi connectivity index (χ2n) is 31.9. The largest absolute Gasteiger partial charge is 0.481 e. The molecule has 0 saturated carbocycles. The van der Waals surface area contributed by atoms with E-state index in [0.29, 0.717) is 114 Å². The number of aromatic amines is 3. The molecule has 8 N–H and O–H groups in total. The SMILES string of the molecule is O=C(O)CCc1ccc(CCCN2C(=O)CC[C@@H]2/C=C/C(O)C(F)(F)c2ccccc2)s1.O=C1CC[C@H](/C=C/C(O)C(F)(F)c2ccccc2)N1CCCc1ccc(CCc2nn[nH]n2)s1.O=C1CC[C@H](/C=C/C(O)C(F)(F)c2ccccc2)N1Cc1cc(CCc2nn[nH]n2)cs1.O=C1CC[C@H](/C=C/C(O)C(F)(F)c2ccccc2)N1Cc1cscc1CCCc1nn[nH]n1. The predicted octanol–water partition coefficient (Wildman–Crippen LogP) is 15.0. The van der Waals surface area contributed by atoms with Crippen molar-refractivity contribution >= 4 is 74.9 Å². The number of benzene rings is 4. The van der Waals surface area contributed by atoms with Crippen LogP contribution in [0.1, 0.15) is 158 Å². The summed E-state index contributed by atoms with van der Waals surface area (Å²) in [6, 6.07) is 37.9. The van der Waals surface area contributed by atoms with Gasteiger partial charge in [-0.05, 0) is 147 Å². The number of likely N-dealkylation sites (tertiary alicyclic amines) is 4. The summed E-state index contributed by atoms with van der Waals surface area (Å²) in [6.07, 6.45) is 15.4. The van der Waals surface area contributed by atoms with E-state index in [-0.39, 0.29) is 76.5 Å². The molecule has 4 unspecified atom stereocenters. The van der Waals surface area contributed by atoms with Gasteiger partial charge in [0.15, 0.2) is 17.5 Å². The van der Waals surface area contributed by atoms with Gasteiger partial charge in [-0.2, -0.15) is 62.1 Å². The molecule has 4 amide bonds. The highest BCUT2D eigenvalue weighted by molar-refractivity contribution is 7.12. The number of tetrazole rings is 3. The number of thiophene rings is 4. The number of aliphatic hydroxyl groups is 4. The van der Waals surface area contributed by atoms with Crippen molar-refractivity contribution in [1.82, 2.24) is 81.5 Å². The number of aryl methyl sites for hydroxylation is 9. The topological polar surface area (TPSA) is 363 Å². The fourth-order valence-electron chi connectivity index (χ4n) is 15.5. The summed E-state index contributed by atoms with van der Waals surface area (Å²) < 4.78 is 116. The minimum atomic E-state index is -3.41. The zero-order chi connectivity index (χ0) is 92.9. The van der Waals surface area contributed by atoms with E-state index in [1.54, 1.807) is 95.3 Å². The molecule has 7 aromatic heterocycles. The Morgan fingerprint density at radius 2 is 0.740 bits per heavy atom. The first-order valence-electron chi connectivity index (χ1n) is 43.1. The fraction of sp³-hybridized carbons (Fsp3) is 0.398. The number of aliphatic hydroxyl groups excluding tert-OH is 4. The fourth-order valence-corrected chi connectivity index (χ4v) is 19.4. The number of alkyl halides is 8. The van der Waals surface area contributed by atoms with Crippen LogP contribution in [0.15, 0.2) is 216 Å². The van der Waals surface area contributed by atoms with Crippen LogP contribution in [0.3, 0.4) is 0 Å². The van der Waals surface area contributed by atoms with E-state index in [2.05, 4.69) is 79.4 Å². The average molecular weight is 1880 g/mol. The van der Waals surface area contributed by atoms with Crippen molar-refractivity contribution in [3.05, 3.63) is 297 Å². The maximum absolute atomic E-state index is 14.6. The van der Waals surface area contributed by atoms with E-state index >= 15 is 0 Å².